The summed E-state index contributed by atoms with van der Waals surface area (Å²) in [6.45, 7) is 3.95. The van der Waals surface area contributed by atoms with E-state index in [1.165, 1.54) is 0 Å². The van der Waals surface area contributed by atoms with E-state index in [0.29, 0.717) is 22.2 Å². The summed E-state index contributed by atoms with van der Waals surface area (Å²) >= 11 is 0. The van der Waals surface area contributed by atoms with E-state index in [-0.39, 0.29) is 17.3 Å². The van der Waals surface area contributed by atoms with Crippen LogP contribution in [0.4, 0.5) is 0 Å². The van der Waals surface area contributed by atoms with Gasteiger partial charge in [0.15, 0.2) is 5.78 Å². The number of aromatic nitrogens is 1. The molecule has 136 valence electrons. The van der Waals surface area contributed by atoms with E-state index in [1.54, 1.807) is 18.2 Å². The van der Waals surface area contributed by atoms with Crippen LogP contribution in [0.2, 0.25) is 0 Å². The molecule has 0 saturated heterocycles. The van der Waals surface area contributed by atoms with E-state index in [2.05, 4.69) is 4.98 Å². The van der Waals surface area contributed by atoms with Gasteiger partial charge in [-0.15, -0.1) is 0 Å². The molecular weight excluding hydrogens is 346 g/mol. The predicted molar refractivity (Wildman–Crippen MR) is 111 cm³/mol. The summed E-state index contributed by atoms with van der Waals surface area (Å²) in [6.07, 6.45) is 0. The minimum absolute atomic E-state index is 0.114. The standard InChI is InChI=1S/C25H19NO2/c1-16-7-11-18(12-8-16)24(27)21-15-23(26-22-6-4-3-5-20(21)22)25(28)19-13-9-17(2)10-14-19/h3-15H,1-2H3. The van der Waals surface area contributed by atoms with E-state index >= 15 is 0 Å². The summed E-state index contributed by atoms with van der Waals surface area (Å²) in [5.74, 6) is -0.305. The number of nitrogens with zero attached hydrogens (tertiary/aromatic N) is 1. The van der Waals surface area contributed by atoms with Crippen molar-refractivity contribution >= 4 is 22.5 Å². The topological polar surface area (TPSA) is 47.0 Å². The van der Waals surface area contributed by atoms with Gasteiger partial charge in [0.25, 0.3) is 0 Å². The van der Waals surface area contributed by atoms with Crippen LogP contribution in [0.3, 0.4) is 0 Å². The van der Waals surface area contributed by atoms with E-state index in [0.717, 1.165) is 16.5 Å². The normalized spacial score (nSPS) is 10.8. The maximum Gasteiger partial charge on any atom is 0.211 e. The maximum atomic E-state index is 13.2. The molecule has 0 unspecified atom stereocenters. The van der Waals surface area contributed by atoms with Gasteiger partial charge in [-0.25, -0.2) is 4.98 Å². The van der Waals surface area contributed by atoms with Crippen molar-refractivity contribution in [3.8, 4) is 0 Å². The fourth-order valence-electron chi connectivity index (χ4n) is 3.19. The number of fused-ring (bicyclic) bond motifs is 1. The Kier molecular flexibility index (Phi) is 4.58. The van der Waals surface area contributed by atoms with Crippen LogP contribution in [0.1, 0.15) is 43.1 Å². The van der Waals surface area contributed by atoms with Crippen LogP contribution in [0, 0.1) is 13.8 Å². The zero-order valence-corrected chi connectivity index (χ0v) is 15.8. The van der Waals surface area contributed by atoms with Crippen molar-refractivity contribution in [3.05, 3.63) is 112 Å². The highest BCUT2D eigenvalue weighted by Gasteiger charge is 2.18. The number of carbonyl (C=O) groups excluding carboxylic acids is 2. The minimum atomic E-state index is -0.191. The first-order valence-electron chi connectivity index (χ1n) is 9.15. The molecule has 3 heteroatoms. The lowest BCUT2D eigenvalue weighted by Crippen LogP contribution is -2.09. The number of ketones is 2. The molecular formula is C25H19NO2. The van der Waals surface area contributed by atoms with Crippen LogP contribution >= 0.6 is 0 Å². The Hall–Kier alpha value is -3.59. The summed E-state index contributed by atoms with van der Waals surface area (Å²) in [4.78, 5) is 30.7. The monoisotopic (exact) mass is 365 g/mol. The second kappa shape index (κ2) is 7.20. The third kappa shape index (κ3) is 3.35. The molecule has 0 aliphatic heterocycles. The Labute approximate surface area is 163 Å². The molecule has 0 aliphatic rings. The first-order valence-corrected chi connectivity index (χ1v) is 9.15. The molecule has 3 nitrogen and oxygen atoms in total. The summed E-state index contributed by atoms with van der Waals surface area (Å²) in [5, 5.41) is 0.744. The average molecular weight is 365 g/mol. The van der Waals surface area contributed by atoms with Crippen molar-refractivity contribution in [2.24, 2.45) is 0 Å². The van der Waals surface area contributed by atoms with Gasteiger partial charge < -0.3 is 0 Å². The highest BCUT2D eigenvalue weighted by atomic mass is 16.1. The molecule has 4 rings (SSSR count). The molecule has 1 heterocycles. The molecule has 0 saturated carbocycles. The van der Waals surface area contributed by atoms with Crippen molar-refractivity contribution in [2.75, 3.05) is 0 Å². The van der Waals surface area contributed by atoms with Crippen LogP contribution < -0.4 is 0 Å². The molecule has 0 spiro atoms. The van der Waals surface area contributed by atoms with Gasteiger partial charge in [-0.2, -0.15) is 0 Å². The number of pyridine rings is 1. The quantitative estimate of drug-likeness (QED) is 0.460. The lowest BCUT2D eigenvalue weighted by Gasteiger charge is -2.09. The third-order valence-electron chi connectivity index (χ3n) is 4.82. The fourth-order valence-corrected chi connectivity index (χ4v) is 3.19. The average Bonchev–Trinajstić information content (AvgIpc) is 2.73. The van der Waals surface area contributed by atoms with Crippen molar-refractivity contribution in [2.45, 2.75) is 13.8 Å². The third-order valence-corrected chi connectivity index (χ3v) is 4.82. The molecule has 1 aromatic heterocycles. The van der Waals surface area contributed by atoms with Gasteiger partial charge in [0.1, 0.15) is 5.69 Å². The number of para-hydroxylation sites is 1. The van der Waals surface area contributed by atoms with Crippen LogP contribution in [0.25, 0.3) is 10.9 Å². The molecule has 3 aromatic carbocycles. The van der Waals surface area contributed by atoms with Crippen LogP contribution in [0.15, 0.2) is 78.9 Å². The van der Waals surface area contributed by atoms with Crippen LogP contribution in [-0.2, 0) is 0 Å². The Morgan fingerprint density at radius 2 is 1.21 bits per heavy atom. The molecule has 0 amide bonds. The smallest absolute Gasteiger partial charge is 0.211 e. The number of carbonyl (C=O) groups is 2. The number of benzene rings is 3. The summed E-state index contributed by atoms with van der Waals surface area (Å²) in [5.41, 5.74) is 4.72. The summed E-state index contributed by atoms with van der Waals surface area (Å²) in [6, 6.07) is 23.9. The van der Waals surface area contributed by atoms with Gasteiger partial charge in [-0.3, -0.25) is 9.59 Å². The van der Waals surface area contributed by atoms with E-state index in [4.69, 9.17) is 0 Å². The SMILES string of the molecule is Cc1ccc(C(=O)c2cc(C(=O)c3ccc(C)cc3)c3ccccc3n2)cc1. The highest BCUT2D eigenvalue weighted by Crippen LogP contribution is 2.23. The van der Waals surface area contributed by atoms with Crippen LogP contribution in [0.5, 0.6) is 0 Å². The van der Waals surface area contributed by atoms with E-state index in [1.807, 2.05) is 74.5 Å². The zero-order valence-electron chi connectivity index (χ0n) is 15.8. The molecule has 0 radical (unpaired) electrons. The van der Waals surface area contributed by atoms with Crippen molar-refractivity contribution < 1.29 is 9.59 Å². The van der Waals surface area contributed by atoms with Gasteiger partial charge >= 0.3 is 0 Å². The molecule has 0 fully saturated rings. The lowest BCUT2D eigenvalue weighted by atomic mass is 9.96. The number of hydrogen-bond donors (Lipinski definition) is 0. The van der Waals surface area contributed by atoms with Crippen LogP contribution in [-0.4, -0.2) is 16.6 Å². The summed E-state index contributed by atoms with van der Waals surface area (Å²) in [7, 11) is 0. The Bertz CT molecular complexity index is 1190. The number of aryl methyl sites for hydroxylation is 2. The fraction of sp³-hybridized carbons (Fsp3) is 0.0800. The second-order valence-corrected chi connectivity index (χ2v) is 6.96. The van der Waals surface area contributed by atoms with Crippen molar-refractivity contribution in [1.82, 2.24) is 4.98 Å². The number of rotatable bonds is 4. The minimum Gasteiger partial charge on any atom is -0.289 e. The summed E-state index contributed by atoms with van der Waals surface area (Å²) < 4.78 is 0. The van der Waals surface area contributed by atoms with Gasteiger partial charge in [-0.05, 0) is 26.0 Å². The Balaban J connectivity index is 1.86. The molecule has 0 atom stereocenters. The second-order valence-electron chi connectivity index (χ2n) is 6.96. The first kappa shape index (κ1) is 17.8. The van der Waals surface area contributed by atoms with E-state index in [9.17, 15) is 9.59 Å². The van der Waals surface area contributed by atoms with E-state index < -0.39 is 0 Å². The maximum absolute atomic E-state index is 13.2. The van der Waals surface area contributed by atoms with Crippen molar-refractivity contribution in [3.63, 3.8) is 0 Å². The van der Waals surface area contributed by atoms with Gasteiger partial charge in [0.2, 0.25) is 5.78 Å². The Morgan fingerprint density at radius 3 is 1.82 bits per heavy atom. The Morgan fingerprint density at radius 1 is 0.679 bits per heavy atom. The number of hydrogen-bond acceptors (Lipinski definition) is 3. The first-order chi connectivity index (χ1) is 13.5. The highest BCUT2D eigenvalue weighted by molar-refractivity contribution is 6.18. The molecule has 0 bridgehead atoms. The largest absolute Gasteiger partial charge is 0.289 e. The lowest BCUT2D eigenvalue weighted by molar-refractivity contribution is 0.103. The molecule has 4 aromatic rings. The molecule has 28 heavy (non-hydrogen) atoms. The predicted octanol–water partition coefficient (Wildman–Crippen LogP) is 5.31. The van der Waals surface area contributed by atoms with Gasteiger partial charge in [0.05, 0.1) is 5.52 Å². The van der Waals surface area contributed by atoms with Crippen molar-refractivity contribution in [1.29, 1.82) is 0 Å². The molecule has 0 N–H and O–H groups in total. The zero-order chi connectivity index (χ0) is 19.7. The van der Waals surface area contributed by atoms with Gasteiger partial charge in [-0.1, -0.05) is 77.9 Å². The van der Waals surface area contributed by atoms with Gasteiger partial charge in [0, 0.05) is 22.1 Å². The molecule has 0 aliphatic carbocycles.